The average molecular weight is 167 g/mol. The molecule has 0 bridgehead atoms. The summed E-state index contributed by atoms with van der Waals surface area (Å²) in [7, 11) is 0. The third kappa shape index (κ3) is 1.60. The fourth-order valence-electron chi connectivity index (χ4n) is 1.30. The van der Waals surface area contributed by atoms with Gasteiger partial charge in [-0.05, 0) is 11.8 Å². The molecule has 0 saturated heterocycles. The molecule has 0 spiro atoms. The Morgan fingerprint density at radius 3 is 2.08 bits per heavy atom. The van der Waals surface area contributed by atoms with Crippen LogP contribution in [0.2, 0.25) is 0 Å². The minimum absolute atomic E-state index is 0.441. The summed E-state index contributed by atoms with van der Waals surface area (Å²) in [6, 6.07) is 0. The second kappa shape index (κ2) is 3.17. The zero-order valence-corrected chi connectivity index (χ0v) is 8.18. The van der Waals surface area contributed by atoms with Crippen LogP contribution in [-0.4, -0.2) is 9.97 Å². The van der Waals surface area contributed by atoms with Gasteiger partial charge in [0, 0.05) is 5.69 Å². The van der Waals surface area contributed by atoms with Crippen LogP contribution in [0.4, 0.5) is 5.95 Å². The maximum Gasteiger partial charge on any atom is 0.197 e. The van der Waals surface area contributed by atoms with Crippen LogP contribution in [0.25, 0.3) is 0 Å². The molecule has 0 amide bonds. The lowest BCUT2D eigenvalue weighted by molar-refractivity contribution is 0.759. The molecule has 0 aromatic carbocycles. The van der Waals surface area contributed by atoms with Gasteiger partial charge in [0.1, 0.15) is 0 Å². The number of hydrogen-bond acceptors (Lipinski definition) is 2. The molecular weight excluding hydrogens is 150 g/mol. The van der Waals surface area contributed by atoms with Gasteiger partial charge in [0.2, 0.25) is 0 Å². The normalized spacial score (nSPS) is 11.5. The number of aromatic nitrogens is 2. The van der Waals surface area contributed by atoms with Crippen molar-refractivity contribution in [1.29, 1.82) is 0 Å². The lowest BCUT2D eigenvalue weighted by Crippen LogP contribution is -1.96. The maximum absolute atomic E-state index is 5.59. The molecule has 1 aromatic rings. The van der Waals surface area contributed by atoms with Gasteiger partial charge in [0.05, 0.1) is 5.69 Å². The van der Waals surface area contributed by atoms with Crippen LogP contribution >= 0.6 is 0 Å². The fraction of sp³-hybridized carbons (Fsp3) is 0.667. The number of nitrogen functional groups attached to an aromatic ring is 1. The lowest BCUT2D eigenvalue weighted by atomic mass is 10.0. The fourth-order valence-corrected chi connectivity index (χ4v) is 1.30. The Morgan fingerprint density at radius 2 is 1.75 bits per heavy atom. The number of nitrogens with one attached hydrogen (secondary N) is 1. The van der Waals surface area contributed by atoms with E-state index < -0.39 is 0 Å². The molecule has 12 heavy (non-hydrogen) atoms. The van der Waals surface area contributed by atoms with Crippen molar-refractivity contribution >= 4 is 5.95 Å². The maximum atomic E-state index is 5.59. The predicted octanol–water partition coefficient (Wildman–Crippen LogP) is 2.24. The van der Waals surface area contributed by atoms with Gasteiger partial charge in [0.25, 0.3) is 0 Å². The van der Waals surface area contributed by atoms with Gasteiger partial charge in [-0.25, -0.2) is 4.98 Å². The largest absolute Gasteiger partial charge is 0.369 e. The highest BCUT2D eigenvalue weighted by molar-refractivity contribution is 5.29. The Bertz CT molecular complexity index is 235. The summed E-state index contributed by atoms with van der Waals surface area (Å²) in [6.07, 6.45) is 0. The first kappa shape index (κ1) is 9.10. The van der Waals surface area contributed by atoms with Crippen LogP contribution in [0.15, 0.2) is 0 Å². The molecule has 68 valence electrons. The Morgan fingerprint density at radius 1 is 1.17 bits per heavy atom. The summed E-state index contributed by atoms with van der Waals surface area (Å²) >= 11 is 0. The van der Waals surface area contributed by atoms with Gasteiger partial charge in [-0.3, -0.25) is 0 Å². The summed E-state index contributed by atoms with van der Waals surface area (Å²) in [5, 5.41) is 0. The van der Waals surface area contributed by atoms with Gasteiger partial charge in [-0.15, -0.1) is 0 Å². The molecule has 3 N–H and O–H groups in total. The van der Waals surface area contributed by atoms with E-state index in [1.165, 1.54) is 5.69 Å². The first-order chi connectivity index (χ1) is 5.52. The SMILES string of the molecule is CC(C)c1nc(N)[nH]c1C(C)C. The number of H-pyrrole nitrogens is 1. The Balaban J connectivity index is 3.08. The minimum Gasteiger partial charge on any atom is -0.369 e. The van der Waals surface area contributed by atoms with Gasteiger partial charge < -0.3 is 10.7 Å². The predicted molar refractivity (Wildman–Crippen MR) is 51.2 cm³/mol. The topological polar surface area (TPSA) is 54.7 Å². The van der Waals surface area contributed by atoms with Crippen LogP contribution in [-0.2, 0) is 0 Å². The van der Waals surface area contributed by atoms with E-state index in [0.29, 0.717) is 17.8 Å². The molecule has 1 aromatic heterocycles. The number of nitrogens with zero attached hydrogens (tertiary/aromatic N) is 1. The first-order valence-electron chi connectivity index (χ1n) is 4.37. The lowest BCUT2D eigenvalue weighted by Gasteiger charge is -2.07. The number of rotatable bonds is 2. The van der Waals surface area contributed by atoms with E-state index in [1.54, 1.807) is 0 Å². The smallest absolute Gasteiger partial charge is 0.197 e. The monoisotopic (exact) mass is 167 g/mol. The van der Waals surface area contributed by atoms with E-state index in [-0.39, 0.29) is 0 Å². The summed E-state index contributed by atoms with van der Waals surface area (Å²) in [4.78, 5) is 7.35. The molecule has 3 heteroatoms. The van der Waals surface area contributed by atoms with E-state index in [0.717, 1.165) is 5.69 Å². The molecule has 0 atom stereocenters. The number of aromatic amines is 1. The van der Waals surface area contributed by atoms with E-state index >= 15 is 0 Å². The van der Waals surface area contributed by atoms with Crippen molar-refractivity contribution in [3.8, 4) is 0 Å². The summed E-state index contributed by atoms with van der Waals surface area (Å²) in [5.41, 5.74) is 7.86. The Labute approximate surface area is 73.4 Å². The van der Waals surface area contributed by atoms with Crippen LogP contribution in [0.1, 0.15) is 50.9 Å². The third-order valence-corrected chi connectivity index (χ3v) is 1.90. The molecule has 0 aliphatic carbocycles. The molecular formula is C9H17N3. The van der Waals surface area contributed by atoms with Crippen LogP contribution in [0, 0.1) is 0 Å². The molecule has 0 fully saturated rings. The van der Waals surface area contributed by atoms with E-state index in [4.69, 9.17) is 5.73 Å². The standard InChI is InChI=1S/C9H17N3/c1-5(2)7-8(6(3)4)12-9(10)11-7/h5-6H,1-4H3,(H3,10,11,12). The van der Waals surface area contributed by atoms with Crippen molar-refractivity contribution in [2.24, 2.45) is 0 Å². The second-order valence-electron chi connectivity index (χ2n) is 3.73. The quantitative estimate of drug-likeness (QED) is 0.709. The first-order valence-corrected chi connectivity index (χ1v) is 4.37. The Kier molecular flexibility index (Phi) is 2.40. The zero-order valence-electron chi connectivity index (χ0n) is 8.18. The zero-order chi connectivity index (χ0) is 9.30. The average Bonchev–Trinajstić information content (AvgIpc) is 2.31. The minimum atomic E-state index is 0.441. The number of anilines is 1. The van der Waals surface area contributed by atoms with E-state index in [1.807, 2.05) is 0 Å². The van der Waals surface area contributed by atoms with Crippen molar-refractivity contribution in [3.63, 3.8) is 0 Å². The summed E-state index contributed by atoms with van der Waals surface area (Å²) in [5.74, 6) is 1.44. The van der Waals surface area contributed by atoms with Gasteiger partial charge in [0.15, 0.2) is 5.95 Å². The highest BCUT2D eigenvalue weighted by Gasteiger charge is 2.14. The molecule has 1 heterocycles. The molecule has 1 rings (SSSR count). The molecule has 0 aliphatic rings. The Hall–Kier alpha value is -0.990. The number of imidazole rings is 1. The molecule has 0 unspecified atom stereocenters. The molecule has 0 aliphatic heterocycles. The highest BCUT2D eigenvalue weighted by atomic mass is 15.0. The number of hydrogen-bond donors (Lipinski definition) is 2. The van der Waals surface area contributed by atoms with Crippen molar-refractivity contribution in [2.45, 2.75) is 39.5 Å². The number of nitrogens with two attached hydrogens (primary N) is 1. The molecule has 0 saturated carbocycles. The summed E-state index contributed by atoms with van der Waals surface area (Å²) < 4.78 is 0. The van der Waals surface area contributed by atoms with E-state index in [2.05, 4.69) is 37.7 Å². The highest BCUT2D eigenvalue weighted by Crippen LogP contribution is 2.24. The summed E-state index contributed by atoms with van der Waals surface area (Å²) in [6.45, 7) is 8.53. The van der Waals surface area contributed by atoms with Gasteiger partial charge in [-0.2, -0.15) is 0 Å². The molecule has 0 radical (unpaired) electrons. The van der Waals surface area contributed by atoms with E-state index in [9.17, 15) is 0 Å². The van der Waals surface area contributed by atoms with Gasteiger partial charge >= 0.3 is 0 Å². The third-order valence-electron chi connectivity index (χ3n) is 1.90. The second-order valence-corrected chi connectivity index (χ2v) is 3.73. The van der Waals surface area contributed by atoms with Crippen LogP contribution in [0.5, 0.6) is 0 Å². The van der Waals surface area contributed by atoms with Gasteiger partial charge in [-0.1, -0.05) is 27.7 Å². The van der Waals surface area contributed by atoms with Crippen molar-refractivity contribution in [2.75, 3.05) is 5.73 Å². The van der Waals surface area contributed by atoms with Crippen LogP contribution < -0.4 is 5.73 Å². The molecule has 3 nitrogen and oxygen atoms in total. The van der Waals surface area contributed by atoms with Crippen molar-refractivity contribution in [1.82, 2.24) is 9.97 Å². The van der Waals surface area contributed by atoms with Crippen molar-refractivity contribution < 1.29 is 0 Å². The van der Waals surface area contributed by atoms with Crippen molar-refractivity contribution in [3.05, 3.63) is 11.4 Å². The van der Waals surface area contributed by atoms with Crippen LogP contribution in [0.3, 0.4) is 0 Å².